The minimum absolute atomic E-state index is 0.0462. The third-order valence-corrected chi connectivity index (χ3v) is 15.3. The second-order valence-corrected chi connectivity index (χ2v) is 19.1. The van der Waals surface area contributed by atoms with Crippen molar-refractivity contribution in [3.8, 4) is 55.6 Å². The van der Waals surface area contributed by atoms with E-state index in [1.165, 1.54) is 132 Å². The summed E-state index contributed by atoms with van der Waals surface area (Å²) in [5.74, 6) is 0. The van der Waals surface area contributed by atoms with Crippen LogP contribution in [0, 0.1) is 0 Å². The van der Waals surface area contributed by atoms with E-state index in [1.807, 2.05) is 0 Å². The standard InChI is InChI=1S/C60H51N/c1-58(2)49-24-11-7-20-46(49)56-45(22-16-26-51(56)58)44-19-9-13-28-54(44)61(55-29-17-27-52-57(55)47-21-8-12-25-50(47)60(52)36-14-5-15-37-60)41-33-30-39(31-34-41)40-32-35-43-42-18-6-10-23-48(42)59(3,4)53(43)38-40/h6-13,16-35,38H,5,14-15,36-37H2,1-4H3. The summed E-state index contributed by atoms with van der Waals surface area (Å²) in [5, 5.41) is 0. The summed E-state index contributed by atoms with van der Waals surface area (Å²) in [4.78, 5) is 2.59. The first-order chi connectivity index (χ1) is 29.8. The number of hydrogen-bond donors (Lipinski definition) is 0. The monoisotopic (exact) mass is 785 g/mol. The van der Waals surface area contributed by atoms with Gasteiger partial charge in [-0.2, -0.15) is 0 Å². The first-order valence-corrected chi connectivity index (χ1v) is 22.5. The van der Waals surface area contributed by atoms with Crippen LogP contribution in [-0.4, -0.2) is 0 Å². The molecule has 61 heavy (non-hydrogen) atoms. The highest BCUT2D eigenvalue weighted by atomic mass is 15.1. The van der Waals surface area contributed by atoms with Gasteiger partial charge in [-0.15, -0.1) is 0 Å². The molecule has 1 fully saturated rings. The van der Waals surface area contributed by atoms with Crippen LogP contribution in [0.2, 0.25) is 0 Å². The van der Waals surface area contributed by atoms with E-state index in [0.717, 1.165) is 5.69 Å². The molecule has 12 rings (SSSR count). The van der Waals surface area contributed by atoms with E-state index < -0.39 is 0 Å². The Morgan fingerprint density at radius 1 is 0.344 bits per heavy atom. The van der Waals surface area contributed by atoms with Crippen molar-refractivity contribution in [1.29, 1.82) is 0 Å². The molecule has 0 radical (unpaired) electrons. The van der Waals surface area contributed by atoms with Crippen LogP contribution in [0.5, 0.6) is 0 Å². The Kier molecular flexibility index (Phi) is 7.93. The Balaban J connectivity index is 1.06. The molecule has 0 N–H and O–H groups in total. The highest BCUT2D eigenvalue weighted by molar-refractivity contribution is 6.01. The summed E-state index contributed by atoms with van der Waals surface area (Å²) < 4.78 is 0. The Hall–Kier alpha value is -6.44. The Morgan fingerprint density at radius 3 is 1.61 bits per heavy atom. The molecular weight excluding hydrogens is 735 g/mol. The molecule has 0 amide bonds. The van der Waals surface area contributed by atoms with E-state index in [2.05, 4.69) is 209 Å². The molecule has 1 heteroatoms. The van der Waals surface area contributed by atoms with Gasteiger partial charge in [0, 0.05) is 33.1 Å². The highest BCUT2D eigenvalue weighted by Gasteiger charge is 2.45. The van der Waals surface area contributed by atoms with Crippen molar-refractivity contribution in [2.24, 2.45) is 0 Å². The fourth-order valence-corrected chi connectivity index (χ4v) is 12.3. The van der Waals surface area contributed by atoms with Crippen LogP contribution in [-0.2, 0) is 16.2 Å². The van der Waals surface area contributed by atoms with E-state index in [-0.39, 0.29) is 16.2 Å². The zero-order valence-corrected chi connectivity index (χ0v) is 35.7. The second kappa shape index (κ2) is 13.3. The number of para-hydroxylation sites is 1. The van der Waals surface area contributed by atoms with Gasteiger partial charge in [0.25, 0.3) is 0 Å². The third-order valence-electron chi connectivity index (χ3n) is 15.3. The van der Waals surface area contributed by atoms with Crippen LogP contribution < -0.4 is 4.90 Å². The number of rotatable bonds is 5. The summed E-state index contributed by atoms with van der Waals surface area (Å²) in [5.41, 5.74) is 25.4. The SMILES string of the molecule is CC1(C)c2ccccc2-c2ccc(-c3ccc(N(c4ccccc4-c4cccc5c4-c4ccccc4C5(C)C)c4cccc5c4-c4ccccc4C54CCCCC4)cc3)cc21. The minimum Gasteiger partial charge on any atom is -0.309 e. The predicted molar refractivity (Wildman–Crippen MR) is 256 cm³/mol. The maximum Gasteiger partial charge on any atom is 0.0543 e. The maximum atomic E-state index is 2.59. The molecule has 0 aliphatic heterocycles. The minimum atomic E-state index is -0.0831. The predicted octanol–water partition coefficient (Wildman–Crippen LogP) is 16.3. The van der Waals surface area contributed by atoms with Gasteiger partial charge in [-0.25, -0.2) is 0 Å². The van der Waals surface area contributed by atoms with E-state index in [0.29, 0.717) is 0 Å². The fraction of sp³-hybridized carbons (Fsp3) is 0.200. The Labute approximate surface area is 361 Å². The number of benzene rings is 8. The molecule has 1 spiro atoms. The fourth-order valence-electron chi connectivity index (χ4n) is 12.3. The summed E-state index contributed by atoms with van der Waals surface area (Å²) in [6, 6.07) is 67.1. The van der Waals surface area contributed by atoms with Gasteiger partial charge in [-0.1, -0.05) is 193 Å². The average Bonchev–Trinajstić information content (AvgIpc) is 3.81. The Bertz CT molecular complexity index is 3060. The van der Waals surface area contributed by atoms with E-state index in [1.54, 1.807) is 0 Å². The van der Waals surface area contributed by atoms with Gasteiger partial charge in [0.05, 0.1) is 11.4 Å². The van der Waals surface area contributed by atoms with Gasteiger partial charge in [0.15, 0.2) is 0 Å². The van der Waals surface area contributed by atoms with Gasteiger partial charge >= 0.3 is 0 Å². The summed E-state index contributed by atoms with van der Waals surface area (Å²) in [6.07, 6.45) is 6.28. The lowest BCUT2D eigenvalue weighted by atomic mass is 9.68. The van der Waals surface area contributed by atoms with Crippen molar-refractivity contribution < 1.29 is 0 Å². The normalized spacial score (nSPS) is 16.6. The molecular formula is C60H51N. The topological polar surface area (TPSA) is 3.24 Å². The molecule has 0 aromatic heterocycles. The van der Waals surface area contributed by atoms with Crippen LogP contribution in [0.25, 0.3) is 55.6 Å². The third kappa shape index (κ3) is 5.13. The van der Waals surface area contributed by atoms with Crippen LogP contribution in [0.4, 0.5) is 17.1 Å². The molecule has 4 aliphatic rings. The van der Waals surface area contributed by atoms with Crippen LogP contribution in [0.15, 0.2) is 176 Å². The molecule has 0 unspecified atom stereocenters. The lowest BCUT2D eigenvalue weighted by molar-refractivity contribution is 0.353. The van der Waals surface area contributed by atoms with E-state index in [4.69, 9.17) is 0 Å². The van der Waals surface area contributed by atoms with Gasteiger partial charge in [-0.3, -0.25) is 0 Å². The molecule has 0 saturated heterocycles. The largest absolute Gasteiger partial charge is 0.309 e. The van der Waals surface area contributed by atoms with Crippen LogP contribution in [0.3, 0.4) is 0 Å². The number of hydrogen-bond acceptors (Lipinski definition) is 1. The van der Waals surface area contributed by atoms with Crippen molar-refractivity contribution in [2.75, 3.05) is 4.90 Å². The zero-order chi connectivity index (χ0) is 41.1. The van der Waals surface area contributed by atoms with Crippen molar-refractivity contribution in [3.63, 3.8) is 0 Å². The van der Waals surface area contributed by atoms with Crippen molar-refractivity contribution in [1.82, 2.24) is 0 Å². The van der Waals surface area contributed by atoms with Gasteiger partial charge in [-0.05, 0) is 121 Å². The van der Waals surface area contributed by atoms with Gasteiger partial charge < -0.3 is 4.90 Å². The molecule has 0 heterocycles. The molecule has 0 atom stereocenters. The molecule has 4 aliphatic carbocycles. The second-order valence-electron chi connectivity index (χ2n) is 19.1. The van der Waals surface area contributed by atoms with Gasteiger partial charge in [0.1, 0.15) is 0 Å². The zero-order valence-electron chi connectivity index (χ0n) is 35.7. The van der Waals surface area contributed by atoms with E-state index in [9.17, 15) is 0 Å². The molecule has 296 valence electrons. The number of nitrogens with zero attached hydrogens (tertiary/aromatic N) is 1. The van der Waals surface area contributed by atoms with Crippen LogP contribution >= 0.6 is 0 Å². The summed E-state index contributed by atoms with van der Waals surface area (Å²) in [6.45, 7) is 9.51. The number of anilines is 3. The average molecular weight is 786 g/mol. The lowest BCUT2D eigenvalue weighted by Crippen LogP contribution is -2.28. The number of fused-ring (bicyclic) bond motifs is 11. The summed E-state index contributed by atoms with van der Waals surface area (Å²) >= 11 is 0. The smallest absolute Gasteiger partial charge is 0.0543 e. The Morgan fingerprint density at radius 2 is 0.852 bits per heavy atom. The van der Waals surface area contributed by atoms with Crippen LogP contribution in [0.1, 0.15) is 93.2 Å². The highest BCUT2D eigenvalue weighted by Crippen LogP contribution is 2.60. The first kappa shape index (κ1) is 36.4. The van der Waals surface area contributed by atoms with Crippen molar-refractivity contribution in [3.05, 3.63) is 209 Å². The van der Waals surface area contributed by atoms with Crippen molar-refractivity contribution in [2.45, 2.75) is 76.0 Å². The quantitative estimate of drug-likeness (QED) is 0.168. The molecule has 1 saturated carbocycles. The van der Waals surface area contributed by atoms with Crippen molar-refractivity contribution >= 4 is 17.1 Å². The first-order valence-electron chi connectivity index (χ1n) is 22.5. The van der Waals surface area contributed by atoms with Gasteiger partial charge in [0.2, 0.25) is 0 Å². The molecule has 8 aromatic carbocycles. The summed E-state index contributed by atoms with van der Waals surface area (Å²) in [7, 11) is 0. The molecule has 1 nitrogen and oxygen atoms in total. The van der Waals surface area contributed by atoms with E-state index >= 15 is 0 Å². The maximum absolute atomic E-state index is 2.59. The molecule has 0 bridgehead atoms. The lowest BCUT2D eigenvalue weighted by Gasteiger charge is -2.36. The molecule has 8 aromatic rings.